The van der Waals surface area contributed by atoms with Crippen LogP contribution in [0.5, 0.6) is 0 Å². The van der Waals surface area contributed by atoms with Crippen LogP contribution in [-0.4, -0.2) is 11.5 Å². The van der Waals surface area contributed by atoms with Crippen molar-refractivity contribution in [2.75, 3.05) is 6.54 Å². The van der Waals surface area contributed by atoms with E-state index in [1.54, 1.807) is 11.3 Å². The van der Waals surface area contributed by atoms with E-state index in [4.69, 9.17) is 17.3 Å². The van der Waals surface area contributed by atoms with Gasteiger partial charge in [-0.05, 0) is 18.6 Å². The molecule has 0 fully saturated rings. The Morgan fingerprint density at radius 2 is 2.19 bits per heavy atom. The number of nitrogens with zero attached hydrogens (tertiary/aromatic N) is 1. The summed E-state index contributed by atoms with van der Waals surface area (Å²) in [6.07, 6.45) is 0. The fraction of sp³-hybridized carbons (Fsp3) is 0.250. The topological polar surface area (TPSA) is 38.9 Å². The molecule has 1 unspecified atom stereocenters. The Morgan fingerprint density at radius 3 is 2.75 bits per heavy atom. The molecule has 0 bridgehead atoms. The molecular formula is C12H13ClN2S. The van der Waals surface area contributed by atoms with Gasteiger partial charge in [-0.15, -0.1) is 11.3 Å². The van der Waals surface area contributed by atoms with Crippen molar-refractivity contribution >= 4 is 22.9 Å². The van der Waals surface area contributed by atoms with Gasteiger partial charge < -0.3 is 5.73 Å². The van der Waals surface area contributed by atoms with E-state index in [9.17, 15) is 0 Å². The van der Waals surface area contributed by atoms with Crippen LogP contribution in [0.25, 0.3) is 0 Å². The molecule has 0 radical (unpaired) electrons. The Bertz CT molecular complexity index is 481. The van der Waals surface area contributed by atoms with Gasteiger partial charge in [0.25, 0.3) is 0 Å². The lowest BCUT2D eigenvalue weighted by Gasteiger charge is -2.13. The summed E-state index contributed by atoms with van der Waals surface area (Å²) in [6.45, 7) is 2.51. The summed E-state index contributed by atoms with van der Waals surface area (Å²) >= 11 is 7.81. The van der Waals surface area contributed by atoms with Crippen LogP contribution in [0, 0.1) is 6.92 Å². The second kappa shape index (κ2) is 4.95. The Labute approximate surface area is 104 Å². The van der Waals surface area contributed by atoms with Crippen molar-refractivity contribution in [2.24, 2.45) is 5.73 Å². The highest BCUT2D eigenvalue weighted by molar-refractivity contribution is 7.09. The van der Waals surface area contributed by atoms with Gasteiger partial charge in [0.2, 0.25) is 0 Å². The van der Waals surface area contributed by atoms with E-state index in [1.165, 1.54) is 0 Å². The van der Waals surface area contributed by atoms with Crippen molar-refractivity contribution in [3.8, 4) is 0 Å². The minimum Gasteiger partial charge on any atom is -0.329 e. The lowest BCUT2D eigenvalue weighted by atomic mass is 10.00. The average Bonchev–Trinajstić information content (AvgIpc) is 2.69. The summed E-state index contributed by atoms with van der Waals surface area (Å²) < 4.78 is 0. The van der Waals surface area contributed by atoms with Gasteiger partial charge in [-0.25, -0.2) is 4.98 Å². The highest BCUT2D eigenvalue weighted by atomic mass is 35.5. The third-order valence-electron chi connectivity index (χ3n) is 2.45. The minimum atomic E-state index is 0.104. The van der Waals surface area contributed by atoms with E-state index < -0.39 is 0 Å². The van der Waals surface area contributed by atoms with Gasteiger partial charge in [0.05, 0.1) is 0 Å². The molecule has 0 saturated heterocycles. The summed E-state index contributed by atoms with van der Waals surface area (Å²) in [5.41, 5.74) is 7.91. The largest absolute Gasteiger partial charge is 0.329 e. The molecule has 1 aromatic heterocycles. The van der Waals surface area contributed by atoms with Crippen molar-refractivity contribution in [3.05, 3.63) is 50.9 Å². The minimum absolute atomic E-state index is 0.104. The lowest BCUT2D eigenvalue weighted by molar-refractivity contribution is 0.806. The van der Waals surface area contributed by atoms with Gasteiger partial charge in [0, 0.05) is 28.6 Å². The Hall–Kier alpha value is -0.900. The maximum Gasteiger partial charge on any atom is 0.102 e. The molecule has 1 heterocycles. The predicted octanol–water partition coefficient (Wildman–Crippen LogP) is 3.20. The first-order valence-corrected chi connectivity index (χ1v) is 6.34. The van der Waals surface area contributed by atoms with Crippen LogP contribution in [0.4, 0.5) is 0 Å². The molecule has 0 aliphatic heterocycles. The smallest absolute Gasteiger partial charge is 0.102 e. The van der Waals surface area contributed by atoms with Crippen LogP contribution < -0.4 is 5.73 Å². The van der Waals surface area contributed by atoms with Crippen molar-refractivity contribution < 1.29 is 0 Å². The summed E-state index contributed by atoms with van der Waals surface area (Å²) in [4.78, 5) is 4.48. The van der Waals surface area contributed by atoms with Crippen LogP contribution in [0.3, 0.4) is 0 Å². The second-order valence-electron chi connectivity index (χ2n) is 3.64. The SMILES string of the molecule is Cc1csc(C(CN)c2ccccc2Cl)n1. The van der Waals surface area contributed by atoms with E-state index in [0.29, 0.717) is 6.54 Å². The molecule has 0 spiro atoms. The van der Waals surface area contributed by atoms with Crippen LogP contribution in [0.2, 0.25) is 5.02 Å². The fourth-order valence-electron chi connectivity index (χ4n) is 1.65. The van der Waals surface area contributed by atoms with Gasteiger partial charge in [-0.1, -0.05) is 29.8 Å². The van der Waals surface area contributed by atoms with Crippen molar-refractivity contribution in [2.45, 2.75) is 12.8 Å². The predicted molar refractivity (Wildman–Crippen MR) is 69.2 cm³/mol. The van der Waals surface area contributed by atoms with Crippen LogP contribution in [-0.2, 0) is 0 Å². The molecule has 16 heavy (non-hydrogen) atoms. The summed E-state index contributed by atoms with van der Waals surface area (Å²) in [7, 11) is 0. The maximum absolute atomic E-state index is 6.18. The van der Waals surface area contributed by atoms with Gasteiger partial charge in [0.15, 0.2) is 0 Å². The Morgan fingerprint density at radius 1 is 1.44 bits per heavy atom. The zero-order valence-electron chi connectivity index (χ0n) is 8.98. The van der Waals surface area contributed by atoms with E-state index in [2.05, 4.69) is 4.98 Å². The molecule has 84 valence electrons. The number of benzene rings is 1. The monoisotopic (exact) mass is 252 g/mol. The van der Waals surface area contributed by atoms with Crippen LogP contribution in [0.15, 0.2) is 29.6 Å². The molecule has 4 heteroatoms. The van der Waals surface area contributed by atoms with Crippen LogP contribution >= 0.6 is 22.9 Å². The number of aromatic nitrogens is 1. The third-order valence-corrected chi connectivity index (χ3v) is 3.87. The van der Waals surface area contributed by atoms with Crippen molar-refractivity contribution in [1.82, 2.24) is 4.98 Å². The zero-order valence-corrected chi connectivity index (χ0v) is 10.6. The highest BCUT2D eigenvalue weighted by Crippen LogP contribution is 2.30. The quantitative estimate of drug-likeness (QED) is 0.911. The number of nitrogens with two attached hydrogens (primary N) is 1. The number of aryl methyl sites for hydroxylation is 1. The molecular weight excluding hydrogens is 240 g/mol. The molecule has 0 aliphatic rings. The van der Waals surface area contributed by atoms with E-state index in [1.807, 2.05) is 36.6 Å². The molecule has 1 aromatic carbocycles. The first-order valence-electron chi connectivity index (χ1n) is 5.09. The van der Waals surface area contributed by atoms with Crippen molar-refractivity contribution in [1.29, 1.82) is 0 Å². The van der Waals surface area contributed by atoms with E-state index >= 15 is 0 Å². The lowest BCUT2D eigenvalue weighted by Crippen LogP contribution is -2.14. The third kappa shape index (κ3) is 2.26. The Balaban J connectivity index is 2.40. The van der Waals surface area contributed by atoms with E-state index in [-0.39, 0.29) is 5.92 Å². The first kappa shape index (κ1) is 11.6. The van der Waals surface area contributed by atoms with Crippen LogP contribution in [0.1, 0.15) is 22.2 Å². The van der Waals surface area contributed by atoms with Gasteiger partial charge in [-0.3, -0.25) is 0 Å². The molecule has 2 rings (SSSR count). The molecule has 2 N–H and O–H groups in total. The second-order valence-corrected chi connectivity index (χ2v) is 4.93. The molecule has 2 aromatic rings. The summed E-state index contributed by atoms with van der Waals surface area (Å²) in [5.74, 6) is 0.104. The zero-order chi connectivity index (χ0) is 11.5. The first-order chi connectivity index (χ1) is 7.72. The normalized spacial score (nSPS) is 12.7. The van der Waals surface area contributed by atoms with E-state index in [0.717, 1.165) is 21.3 Å². The molecule has 2 nitrogen and oxygen atoms in total. The molecule has 0 saturated carbocycles. The fourth-order valence-corrected chi connectivity index (χ4v) is 2.85. The molecule has 0 amide bonds. The van der Waals surface area contributed by atoms with Gasteiger partial charge >= 0.3 is 0 Å². The highest BCUT2D eigenvalue weighted by Gasteiger charge is 2.17. The molecule has 0 aliphatic carbocycles. The summed E-state index contributed by atoms with van der Waals surface area (Å²) in [5, 5.41) is 3.83. The summed E-state index contributed by atoms with van der Waals surface area (Å²) in [6, 6.07) is 7.80. The Kier molecular flexibility index (Phi) is 3.59. The molecule has 1 atom stereocenters. The average molecular weight is 253 g/mol. The number of thiazole rings is 1. The van der Waals surface area contributed by atoms with Crippen molar-refractivity contribution in [3.63, 3.8) is 0 Å². The maximum atomic E-state index is 6.18. The number of rotatable bonds is 3. The number of halogens is 1. The number of hydrogen-bond acceptors (Lipinski definition) is 3. The van der Waals surface area contributed by atoms with Gasteiger partial charge in [-0.2, -0.15) is 0 Å². The standard InChI is InChI=1S/C12H13ClN2S/c1-8-7-16-12(15-8)10(6-14)9-4-2-3-5-11(9)13/h2-5,7,10H,6,14H2,1H3. The van der Waals surface area contributed by atoms with Gasteiger partial charge in [0.1, 0.15) is 5.01 Å². The number of hydrogen-bond donors (Lipinski definition) is 1.